The van der Waals surface area contributed by atoms with E-state index < -0.39 is 6.23 Å². The number of nitrogens with zero attached hydrogens (tertiary/aromatic N) is 1. The van der Waals surface area contributed by atoms with Crippen molar-refractivity contribution in [1.82, 2.24) is 9.99 Å². The van der Waals surface area contributed by atoms with Crippen molar-refractivity contribution < 1.29 is 9.90 Å². The fourth-order valence-electron chi connectivity index (χ4n) is 0.504. The molecule has 1 aliphatic rings. The number of carbonyl (C=O) groups is 1. The molecule has 8 heavy (non-hydrogen) atoms. The summed E-state index contributed by atoms with van der Waals surface area (Å²) < 4.78 is 1.17. The average Bonchev–Trinajstić information content (AvgIpc) is 1.98. The van der Waals surface area contributed by atoms with Gasteiger partial charge in [0.2, 0.25) is 0 Å². The van der Waals surface area contributed by atoms with Crippen LogP contribution in [0.5, 0.6) is 0 Å². The Kier molecular flexibility index (Phi) is 1.36. The zero-order chi connectivity index (χ0) is 6.15. The van der Waals surface area contributed by atoms with E-state index in [1.54, 1.807) is 0 Å². The van der Waals surface area contributed by atoms with Crippen molar-refractivity contribution in [1.29, 1.82) is 0 Å². The Morgan fingerprint density at radius 2 is 2.62 bits per heavy atom. The number of nitrogens with one attached hydrogen (secondary N) is 1. The van der Waals surface area contributed by atoms with Crippen LogP contribution in [0.4, 0.5) is 4.79 Å². The second kappa shape index (κ2) is 1.88. The van der Waals surface area contributed by atoms with Crippen molar-refractivity contribution in [3.05, 3.63) is 0 Å². The molecule has 0 aromatic rings. The third kappa shape index (κ3) is 0.767. The minimum absolute atomic E-state index is 0.248. The molecule has 5 heteroatoms. The maximum absolute atomic E-state index is 10.4. The van der Waals surface area contributed by atoms with Gasteiger partial charge in [0.05, 0.1) is 6.54 Å². The van der Waals surface area contributed by atoms with Crippen LogP contribution in [-0.4, -0.2) is 28.6 Å². The molecule has 2 amide bonds. The van der Waals surface area contributed by atoms with E-state index in [1.807, 2.05) is 0 Å². The van der Waals surface area contributed by atoms with Crippen LogP contribution in [0.25, 0.3) is 0 Å². The van der Waals surface area contributed by atoms with Gasteiger partial charge in [-0.25, -0.2) is 4.79 Å². The monoisotopic (exact) mass is 134 g/mol. The molecule has 0 bridgehead atoms. The van der Waals surface area contributed by atoms with Gasteiger partial charge >= 0.3 is 6.03 Å². The Morgan fingerprint density at radius 1 is 2.00 bits per heavy atom. The Hall–Kier alpha value is -0.340. The summed E-state index contributed by atoms with van der Waals surface area (Å²) in [5, 5.41) is 11.2. The lowest BCUT2D eigenvalue weighted by molar-refractivity contribution is 0.120. The minimum atomic E-state index is -0.674. The van der Waals surface area contributed by atoms with Crippen LogP contribution in [0.3, 0.4) is 0 Å². The number of carbonyl (C=O) groups excluding carboxylic acids is 1. The van der Waals surface area contributed by atoms with E-state index in [0.29, 0.717) is 6.54 Å². The van der Waals surface area contributed by atoms with Gasteiger partial charge in [0.25, 0.3) is 0 Å². The van der Waals surface area contributed by atoms with Crippen molar-refractivity contribution in [2.45, 2.75) is 6.23 Å². The molecule has 0 saturated carbocycles. The van der Waals surface area contributed by atoms with E-state index >= 15 is 0 Å². The second-order valence-corrected chi connectivity index (χ2v) is 2.13. The highest BCUT2D eigenvalue weighted by Crippen LogP contribution is 2.08. The SMILES string of the molecule is O=C1NCC(O)N1P. The molecular formula is C3H7N2O2P. The van der Waals surface area contributed by atoms with Crippen molar-refractivity contribution in [2.24, 2.45) is 0 Å². The van der Waals surface area contributed by atoms with Gasteiger partial charge in [0.15, 0.2) is 6.23 Å². The van der Waals surface area contributed by atoms with Gasteiger partial charge in [0, 0.05) is 0 Å². The third-order valence-corrected chi connectivity index (χ3v) is 1.57. The molecule has 0 aliphatic carbocycles. The number of urea groups is 1. The Bertz CT molecular complexity index is 118. The van der Waals surface area contributed by atoms with Crippen LogP contribution in [-0.2, 0) is 0 Å². The number of aliphatic hydroxyl groups excluding tert-OH is 1. The van der Waals surface area contributed by atoms with Gasteiger partial charge < -0.3 is 10.4 Å². The molecular weight excluding hydrogens is 127 g/mol. The first-order valence-electron chi connectivity index (χ1n) is 2.21. The van der Waals surface area contributed by atoms with E-state index in [0.717, 1.165) is 0 Å². The molecule has 0 aromatic heterocycles. The van der Waals surface area contributed by atoms with E-state index in [4.69, 9.17) is 5.11 Å². The fraction of sp³-hybridized carbons (Fsp3) is 0.667. The summed E-state index contributed by atoms with van der Waals surface area (Å²) in [5.41, 5.74) is 0. The quantitative estimate of drug-likeness (QED) is 0.423. The number of amides is 2. The highest BCUT2D eigenvalue weighted by molar-refractivity contribution is 7.14. The lowest BCUT2D eigenvalue weighted by atomic mass is 10.6. The van der Waals surface area contributed by atoms with Crippen LogP contribution in [0, 0.1) is 0 Å². The lowest BCUT2D eigenvalue weighted by Crippen LogP contribution is -2.23. The topological polar surface area (TPSA) is 52.6 Å². The van der Waals surface area contributed by atoms with E-state index in [9.17, 15) is 4.79 Å². The predicted molar refractivity (Wildman–Crippen MR) is 31.0 cm³/mol. The summed E-state index contributed by atoms with van der Waals surface area (Å²) >= 11 is 0. The molecule has 2 atom stereocenters. The number of β-amino-alcohol motifs (C(OH)–C–C–N with tert-alkyl or cyclic N) is 1. The molecule has 1 fully saturated rings. The molecule has 1 aliphatic heterocycles. The van der Waals surface area contributed by atoms with Gasteiger partial charge in [0.1, 0.15) is 0 Å². The summed E-state index contributed by atoms with van der Waals surface area (Å²) in [5.74, 6) is 0. The lowest BCUT2D eigenvalue weighted by Gasteiger charge is -2.09. The second-order valence-electron chi connectivity index (χ2n) is 1.57. The zero-order valence-electron chi connectivity index (χ0n) is 4.16. The minimum Gasteiger partial charge on any atom is -0.371 e. The Labute approximate surface area is 49.1 Å². The standard InChI is InChI=1S/C3H7N2O2P/c6-2-1-4-3(7)5(2)8/h2,6H,1,8H2,(H,4,7). The number of hydrogen-bond acceptors (Lipinski definition) is 2. The predicted octanol–water partition coefficient (Wildman–Crippen LogP) is -0.880. The summed E-state index contributed by atoms with van der Waals surface area (Å²) in [7, 11) is 2.12. The molecule has 2 unspecified atom stereocenters. The van der Waals surface area contributed by atoms with Crippen molar-refractivity contribution in [3.63, 3.8) is 0 Å². The maximum atomic E-state index is 10.4. The number of rotatable bonds is 0. The number of aliphatic hydroxyl groups is 1. The van der Waals surface area contributed by atoms with Crippen LogP contribution in [0.15, 0.2) is 0 Å². The van der Waals surface area contributed by atoms with E-state index in [2.05, 4.69) is 14.7 Å². The molecule has 0 spiro atoms. The largest absolute Gasteiger partial charge is 0.371 e. The molecule has 4 nitrogen and oxygen atoms in total. The van der Waals surface area contributed by atoms with Gasteiger partial charge in [-0.1, -0.05) is 0 Å². The van der Waals surface area contributed by atoms with Crippen LogP contribution < -0.4 is 5.32 Å². The summed E-state index contributed by atoms with van der Waals surface area (Å²) in [6.07, 6.45) is -0.674. The highest BCUT2D eigenvalue weighted by atomic mass is 31.0. The first kappa shape index (κ1) is 5.79. The van der Waals surface area contributed by atoms with Crippen molar-refractivity contribution in [3.8, 4) is 0 Å². The Morgan fingerprint density at radius 3 is 2.75 bits per heavy atom. The normalized spacial score (nSPS) is 28.5. The molecule has 0 radical (unpaired) electrons. The molecule has 1 heterocycles. The molecule has 0 aromatic carbocycles. The van der Waals surface area contributed by atoms with Gasteiger partial charge in [-0.15, -0.1) is 0 Å². The first-order chi connectivity index (χ1) is 3.72. The Balaban J connectivity index is 2.56. The van der Waals surface area contributed by atoms with Crippen LogP contribution in [0.1, 0.15) is 0 Å². The fourth-order valence-corrected chi connectivity index (χ4v) is 0.700. The van der Waals surface area contributed by atoms with Gasteiger partial charge in [-0.05, 0) is 9.39 Å². The van der Waals surface area contributed by atoms with Crippen LogP contribution >= 0.6 is 9.39 Å². The van der Waals surface area contributed by atoms with E-state index in [1.165, 1.54) is 4.67 Å². The highest BCUT2D eigenvalue weighted by Gasteiger charge is 2.24. The summed E-state index contributed by atoms with van der Waals surface area (Å²) in [4.78, 5) is 10.4. The van der Waals surface area contributed by atoms with E-state index in [-0.39, 0.29) is 6.03 Å². The maximum Gasteiger partial charge on any atom is 0.322 e. The summed E-state index contributed by atoms with van der Waals surface area (Å²) in [6, 6.07) is -0.248. The molecule has 1 rings (SSSR count). The molecule has 46 valence electrons. The summed E-state index contributed by atoms with van der Waals surface area (Å²) in [6.45, 7) is 0.322. The third-order valence-electron chi connectivity index (χ3n) is 0.991. The van der Waals surface area contributed by atoms with Crippen molar-refractivity contribution >= 4 is 15.4 Å². The zero-order valence-corrected chi connectivity index (χ0v) is 5.32. The van der Waals surface area contributed by atoms with Gasteiger partial charge in [-0.2, -0.15) is 0 Å². The van der Waals surface area contributed by atoms with Gasteiger partial charge in [-0.3, -0.25) is 4.67 Å². The number of hydrogen-bond donors (Lipinski definition) is 2. The smallest absolute Gasteiger partial charge is 0.322 e. The van der Waals surface area contributed by atoms with Crippen LogP contribution in [0.2, 0.25) is 0 Å². The molecule has 1 saturated heterocycles. The molecule has 2 N–H and O–H groups in total. The average molecular weight is 134 g/mol. The first-order valence-corrected chi connectivity index (χ1v) is 2.73. The van der Waals surface area contributed by atoms with Crippen molar-refractivity contribution in [2.75, 3.05) is 6.54 Å².